The normalized spacial score (nSPS) is 13.8. The van der Waals surface area contributed by atoms with Gasteiger partial charge < -0.3 is 10.1 Å². The first-order valence-electron chi connectivity index (χ1n) is 7.98. The van der Waals surface area contributed by atoms with Crippen LogP contribution in [-0.4, -0.2) is 20.2 Å². The molecular formula is C19H23Cl2NOS. The van der Waals surface area contributed by atoms with Crippen LogP contribution in [0.4, 0.5) is 0 Å². The Balaban J connectivity index is 0.00000208. The molecule has 1 aliphatic heterocycles. The van der Waals surface area contributed by atoms with Gasteiger partial charge in [-0.05, 0) is 54.3 Å². The molecule has 0 aromatic heterocycles. The fourth-order valence-electron chi connectivity index (χ4n) is 2.92. The van der Waals surface area contributed by atoms with Gasteiger partial charge in [-0.25, -0.2) is 0 Å². The Kier molecular flexibility index (Phi) is 7.92. The molecule has 2 nitrogen and oxygen atoms in total. The Morgan fingerprint density at radius 2 is 1.75 bits per heavy atom. The van der Waals surface area contributed by atoms with Gasteiger partial charge in [0, 0.05) is 17.8 Å². The second-order valence-corrected chi connectivity index (χ2v) is 7.20. The lowest BCUT2D eigenvalue weighted by Crippen LogP contribution is -2.16. The van der Waals surface area contributed by atoms with Crippen LogP contribution < -0.4 is 5.32 Å². The van der Waals surface area contributed by atoms with Crippen LogP contribution >= 0.6 is 35.8 Å². The fourth-order valence-corrected chi connectivity index (χ4v) is 4.38. The summed E-state index contributed by atoms with van der Waals surface area (Å²) in [5.74, 6) is 0.941. The first-order chi connectivity index (χ1) is 11.3. The van der Waals surface area contributed by atoms with E-state index in [0.717, 1.165) is 36.7 Å². The Hall–Kier alpha value is -0.710. The third-order valence-electron chi connectivity index (χ3n) is 4.15. The van der Waals surface area contributed by atoms with Crippen LogP contribution in [0.15, 0.2) is 41.3 Å². The average molecular weight is 384 g/mol. The molecule has 130 valence electrons. The molecule has 2 aromatic carbocycles. The van der Waals surface area contributed by atoms with Gasteiger partial charge in [0.25, 0.3) is 0 Å². The van der Waals surface area contributed by atoms with E-state index in [4.69, 9.17) is 16.3 Å². The summed E-state index contributed by atoms with van der Waals surface area (Å²) < 4.78 is 5.16. The molecule has 2 aromatic rings. The summed E-state index contributed by atoms with van der Waals surface area (Å²) in [6.45, 7) is 2.75. The number of benzene rings is 2. The molecule has 3 rings (SSSR count). The number of nitrogens with one attached hydrogen (secondary N) is 1. The monoisotopic (exact) mass is 383 g/mol. The van der Waals surface area contributed by atoms with E-state index in [0.29, 0.717) is 6.61 Å². The molecule has 0 atom stereocenters. The third kappa shape index (κ3) is 4.90. The molecule has 0 radical (unpaired) electrons. The largest absolute Gasteiger partial charge is 0.380 e. The topological polar surface area (TPSA) is 21.3 Å². The number of thioether (sulfide) groups is 1. The highest BCUT2D eigenvalue weighted by atomic mass is 35.5. The lowest BCUT2D eigenvalue weighted by molar-refractivity contribution is 0.185. The number of ether oxygens (including phenoxy) is 1. The molecular weight excluding hydrogens is 361 g/mol. The van der Waals surface area contributed by atoms with Gasteiger partial charge in [-0.2, -0.15) is 0 Å². The van der Waals surface area contributed by atoms with E-state index in [1.807, 2.05) is 11.8 Å². The van der Waals surface area contributed by atoms with Crippen LogP contribution in [0, 0.1) is 0 Å². The van der Waals surface area contributed by atoms with Crippen LogP contribution in [-0.2, 0) is 29.9 Å². The van der Waals surface area contributed by atoms with E-state index in [2.05, 4.69) is 41.7 Å². The van der Waals surface area contributed by atoms with Crippen LogP contribution in [0.25, 0.3) is 0 Å². The summed E-state index contributed by atoms with van der Waals surface area (Å²) in [6, 6.07) is 12.9. The van der Waals surface area contributed by atoms with E-state index in [1.54, 1.807) is 7.11 Å². The van der Waals surface area contributed by atoms with Crippen molar-refractivity contribution in [1.82, 2.24) is 5.32 Å². The van der Waals surface area contributed by atoms with Crippen LogP contribution in [0.3, 0.4) is 0 Å². The molecule has 0 saturated heterocycles. The van der Waals surface area contributed by atoms with Gasteiger partial charge in [0.2, 0.25) is 0 Å². The number of hydrogen-bond donors (Lipinski definition) is 1. The summed E-state index contributed by atoms with van der Waals surface area (Å²) in [4.78, 5) is 1.26. The van der Waals surface area contributed by atoms with Crippen molar-refractivity contribution in [2.45, 2.75) is 30.1 Å². The minimum Gasteiger partial charge on any atom is -0.380 e. The zero-order chi connectivity index (χ0) is 16.1. The zero-order valence-corrected chi connectivity index (χ0v) is 16.2. The lowest BCUT2D eigenvalue weighted by atomic mass is 10.0. The molecule has 0 aliphatic carbocycles. The molecule has 0 bridgehead atoms. The summed E-state index contributed by atoms with van der Waals surface area (Å²) in [7, 11) is 1.72. The smallest absolute Gasteiger partial charge is 0.0713 e. The van der Waals surface area contributed by atoms with Gasteiger partial charge in [0.1, 0.15) is 0 Å². The first-order valence-corrected chi connectivity index (χ1v) is 9.35. The molecule has 1 heterocycles. The minimum absolute atomic E-state index is 0. The molecule has 24 heavy (non-hydrogen) atoms. The Bertz CT molecular complexity index is 661. The van der Waals surface area contributed by atoms with Crippen molar-refractivity contribution in [1.29, 1.82) is 0 Å². The van der Waals surface area contributed by atoms with Crippen molar-refractivity contribution >= 4 is 35.8 Å². The van der Waals surface area contributed by atoms with Gasteiger partial charge in [0.05, 0.1) is 11.6 Å². The average Bonchev–Trinajstić information content (AvgIpc) is 2.81. The quantitative estimate of drug-likeness (QED) is 0.742. The highest BCUT2D eigenvalue weighted by molar-refractivity contribution is 7.98. The fraction of sp³-hybridized carbons (Fsp3) is 0.368. The molecule has 0 spiro atoms. The van der Waals surface area contributed by atoms with Crippen LogP contribution in [0.5, 0.6) is 0 Å². The van der Waals surface area contributed by atoms with Gasteiger partial charge in [0.15, 0.2) is 0 Å². The molecule has 5 heteroatoms. The maximum Gasteiger partial charge on any atom is 0.0713 e. The van der Waals surface area contributed by atoms with Crippen molar-refractivity contribution in [2.75, 3.05) is 20.2 Å². The van der Waals surface area contributed by atoms with Gasteiger partial charge in [-0.15, -0.1) is 24.2 Å². The Morgan fingerprint density at radius 3 is 2.50 bits per heavy atom. The van der Waals surface area contributed by atoms with Gasteiger partial charge >= 0.3 is 0 Å². The van der Waals surface area contributed by atoms with Gasteiger partial charge in [-0.3, -0.25) is 0 Å². The highest BCUT2D eigenvalue weighted by Crippen LogP contribution is 2.36. The molecule has 0 amide bonds. The molecule has 0 saturated carbocycles. The van der Waals surface area contributed by atoms with Gasteiger partial charge in [-0.1, -0.05) is 41.9 Å². The number of hydrogen-bond acceptors (Lipinski definition) is 3. The standard InChI is InChI=1S/C19H22ClNOS.ClH/c1-22-12-14-2-4-15(5-3-14)13-23-19-17-9-11-21-10-8-16(17)6-7-18(19)20;/h2-7,21H,8-13H2,1H3;1H. The summed E-state index contributed by atoms with van der Waals surface area (Å²) in [5.41, 5.74) is 5.40. The highest BCUT2D eigenvalue weighted by Gasteiger charge is 2.15. The molecule has 0 fully saturated rings. The summed E-state index contributed by atoms with van der Waals surface area (Å²) in [5, 5.41) is 4.35. The number of fused-ring (bicyclic) bond motifs is 1. The molecule has 0 unspecified atom stereocenters. The Labute approximate surface area is 159 Å². The van der Waals surface area contributed by atoms with Crippen molar-refractivity contribution < 1.29 is 4.74 Å². The van der Waals surface area contributed by atoms with Crippen molar-refractivity contribution in [3.8, 4) is 0 Å². The van der Waals surface area contributed by atoms with Crippen molar-refractivity contribution in [3.63, 3.8) is 0 Å². The van der Waals surface area contributed by atoms with Crippen LogP contribution in [0.1, 0.15) is 22.3 Å². The van der Waals surface area contributed by atoms with E-state index >= 15 is 0 Å². The van der Waals surface area contributed by atoms with Crippen LogP contribution in [0.2, 0.25) is 5.02 Å². The number of halogens is 2. The maximum atomic E-state index is 6.49. The van der Waals surface area contributed by atoms with E-state index in [9.17, 15) is 0 Å². The number of methoxy groups -OCH3 is 1. The maximum absolute atomic E-state index is 6.49. The second-order valence-electron chi connectivity index (χ2n) is 5.80. The predicted octanol–water partition coefficient (Wildman–Crippen LogP) is 4.89. The van der Waals surface area contributed by atoms with E-state index in [1.165, 1.54) is 27.1 Å². The summed E-state index contributed by atoms with van der Waals surface area (Å²) in [6.07, 6.45) is 2.15. The second kappa shape index (κ2) is 9.69. The van der Waals surface area contributed by atoms with Crippen molar-refractivity contribution in [2.24, 2.45) is 0 Å². The van der Waals surface area contributed by atoms with E-state index in [-0.39, 0.29) is 12.4 Å². The van der Waals surface area contributed by atoms with E-state index < -0.39 is 0 Å². The zero-order valence-electron chi connectivity index (χ0n) is 13.8. The summed E-state index contributed by atoms with van der Waals surface area (Å²) >= 11 is 8.34. The first kappa shape index (κ1) is 19.6. The SMILES string of the molecule is COCc1ccc(CSc2c(Cl)ccc3c2CCNCC3)cc1.Cl. The van der Waals surface area contributed by atoms with Crippen molar-refractivity contribution in [3.05, 3.63) is 63.7 Å². The third-order valence-corrected chi connectivity index (χ3v) is 5.81. The predicted molar refractivity (Wildman–Crippen MR) is 106 cm³/mol. The minimum atomic E-state index is 0. The Morgan fingerprint density at radius 1 is 1.04 bits per heavy atom. The molecule has 1 aliphatic rings. The number of rotatable bonds is 5. The lowest BCUT2D eigenvalue weighted by Gasteiger charge is -2.14. The molecule has 1 N–H and O–H groups in total.